The van der Waals surface area contributed by atoms with E-state index in [9.17, 15) is 4.79 Å². The Bertz CT molecular complexity index is 413. The predicted octanol–water partition coefficient (Wildman–Crippen LogP) is 1.35. The first-order valence-corrected chi connectivity index (χ1v) is 4.49. The molecule has 0 amide bonds. The number of aliphatic hydroxyl groups is 1. The minimum Gasteiger partial charge on any atom is -0.390 e. The average Bonchev–Trinajstić information content (AvgIpc) is 2.85. The van der Waals surface area contributed by atoms with E-state index in [0.29, 0.717) is 6.42 Å². The summed E-state index contributed by atoms with van der Waals surface area (Å²) >= 11 is 0. The average molecular weight is 189 g/mol. The molecule has 2 rings (SSSR count). The maximum absolute atomic E-state index is 10.7. The summed E-state index contributed by atoms with van der Waals surface area (Å²) in [6.45, 7) is -0.0174. The number of aromatic nitrogens is 1. The molecule has 0 unspecified atom stereocenters. The van der Waals surface area contributed by atoms with Gasteiger partial charge in [-0.15, -0.1) is 0 Å². The molecule has 1 aromatic rings. The van der Waals surface area contributed by atoms with Gasteiger partial charge in [0.05, 0.1) is 12.3 Å². The minimum atomic E-state index is -0.0174. The molecule has 0 spiro atoms. The second-order valence-electron chi connectivity index (χ2n) is 3.16. The van der Waals surface area contributed by atoms with Crippen molar-refractivity contribution in [2.75, 3.05) is 0 Å². The fraction of sp³-hybridized carbons (Fsp3) is 0.182. The van der Waals surface area contributed by atoms with Gasteiger partial charge in [0, 0.05) is 17.5 Å². The van der Waals surface area contributed by atoms with Crippen molar-refractivity contribution in [3.8, 4) is 0 Å². The van der Waals surface area contributed by atoms with Crippen molar-refractivity contribution in [1.82, 2.24) is 4.57 Å². The number of aliphatic hydroxyl groups excluding tert-OH is 1. The van der Waals surface area contributed by atoms with E-state index < -0.39 is 0 Å². The molecule has 0 saturated carbocycles. The quantitative estimate of drug-likeness (QED) is 0.729. The third-order valence-corrected chi connectivity index (χ3v) is 2.34. The molecule has 0 saturated heterocycles. The van der Waals surface area contributed by atoms with Crippen LogP contribution in [0.3, 0.4) is 0 Å². The monoisotopic (exact) mass is 189 g/mol. The number of rotatable bonds is 3. The number of hydrogen-bond acceptors (Lipinski definition) is 2. The van der Waals surface area contributed by atoms with Gasteiger partial charge in [0.25, 0.3) is 0 Å². The molecule has 0 bridgehead atoms. The lowest BCUT2D eigenvalue weighted by atomic mass is 10.2. The Morgan fingerprint density at radius 1 is 1.57 bits per heavy atom. The number of carbonyl (C=O) groups excluding carboxylic acids is 1. The predicted molar refractivity (Wildman–Crippen MR) is 53.4 cm³/mol. The van der Waals surface area contributed by atoms with E-state index in [1.165, 1.54) is 0 Å². The molecule has 1 heterocycles. The van der Waals surface area contributed by atoms with Crippen molar-refractivity contribution in [2.24, 2.45) is 0 Å². The largest absolute Gasteiger partial charge is 0.390 e. The summed E-state index contributed by atoms with van der Waals surface area (Å²) in [5.74, 6) is 0. The highest BCUT2D eigenvalue weighted by atomic mass is 16.3. The molecule has 0 fully saturated rings. The van der Waals surface area contributed by atoms with Gasteiger partial charge < -0.3 is 9.67 Å². The first-order chi connectivity index (χ1) is 6.86. The fourth-order valence-corrected chi connectivity index (χ4v) is 1.63. The van der Waals surface area contributed by atoms with Gasteiger partial charge in [-0.1, -0.05) is 6.08 Å². The number of aldehydes is 1. The van der Waals surface area contributed by atoms with E-state index in [1.807, 2.05) is 35.0 Å². The summed E-state index contributed by atoms with van der Waals surface area (Å²) in [5.41, 5.74) is 2.43. The van der Waals surface area contributed by atoms with Crippen LogP contribution in [0.4, 0.5) is 0 Å². The van der Waals surface area contributed by atoms with Crippen molar-refractivity contribution >= 4 is 12.0 Å². The Morgan fingerprint density at radius 3 is 3.14 bits per heavy atom. The second-order valence-corrected chi connectivity index (χ2v) is 3.16. The van der Waals surface area contributed by atoms with E-state index in [-0.39, 0.29) is 6.61 Å². The lowest BCUT2D eigenvalue weighted by molar-refractivity contribution is -0.104. The van der Waals surface area contributed by atoms with Crippen LogP contribution in [0.5, 0.6) is 0 Å². The van der Waals surface area contributed by atoms with Gasteiger partial charge in [0.2, 0.25) is 0 Å². The Labute approximate surface area is 82.0 Å². The van der Waals surface area contributed by atoms with Crippen molar-refractivity contribution in [3.05, 3.63) is 41.7 Å². The third kappa shape index (κ3) is 1.32. The molecule has 72 valence electrons. The highest BCUT2D eigenvalue weighted by molar-refractivity contribution is 5.88. The molecule has 3 heteroatoms. The van der Waals surface area contributed by atoms with Crippen LogP contribution < -0.4 is 0 Å². The maximum atomic E-state index is 10.7. The van der Waals surface area contributed by atoms with Crippen molar-refractivity contribution in [2.45, 2.75) is 13.0 Å². The molecule has 1 aliphatic carbocycles. The van der Waals surface area contributed by atoms with Crippen LogP contribution in [0.25, 0.3) is 5.70 Å². The molecule has 0 atom stereocenters. The highest BCUT2D eigenvalue weighted by Crippen LogP contribution is 2.23. The summed E-state index contributed by atoms with van der Waals surface area (Å²) in [7, 11) is 0. The van der Waals surface area contributed by atoms with E-state index in [0.717, 1.165) is 23.3 Å². The Morgan fingerprint density at radius 2 is 2.43 bits per heavy atom. The lowest BCUT2D eigenvalue weighted by Crippen LogP contribution is -2.00. The second kappa shape index (κ2) is 3.64. The standard InChI is InChI=1S/C11H11NO2/c13-7-9-3-1-5-11(9)12-6-2-4-10(12)8-14/h1-2,4-7,14H,3,8H2. The first kappa shape index (κ1) is 8.97. The minimum absolute atomic E-state index is 0.0174. The van der Waals surface area contributed by atoms with Gasteiger partial charge in [0.1, 0.15) is 6.29 Å². The smallest absolute Gasteiger partial charge is 0.148 e. The molecular formula is C11H11NO2. The van der Waals surface area contributed by atoms with Gasteiger partial charge in [-0.05, 0) is 24.6 Å². The summed E-state index contributed by atoms with van der Waals surface area (Å²) in [6.07, 6.45) is 7.25. The van der Waals surface area contributed by atoms with Crippen LogP contribution in [-0.4, -0.2) is 16.0 Å². The maximum Gasteiger partial charge on any atom is 0.148 e. The molecular weight excluding hydrogens is 178 g/mol. The third-order valence-electron chi connectivity index (χ3n) is 2.34. The van der Waals surface area contributed by atoms with Crippen LogP contribution in [0, 0.1) is 0 Å². The Balaban J connectivity index is 2.48. The number of nitrogens with zero attached hydrogens (tertiary/aromatic N) is 1. The van der Waals surface area contributed by atoms with E-state index >= 15 is 0 Å². The first-order valence-electron chi connectivity index (χ1n) is 4.49. The van der Waals surface area contributed by atoms with Gasteiger partial charge in [-0.25, -0.2) is 0 Å². The molecule has 1 aliphatic rings. The van der Waals surface area contributed by atoms with Crippen LogP contribution in [-0.2, 0) is 11.4 Å². The number of hydrogen-bond donors (Lipinski definition) is 1. The number of carbonyl (C=O) groups is 1. The SMILES string of the molecule is O=CC1=C(n2cccc2CO)C=CC1. The molecule has 0 radical (unpaired) electrons. The lowest BCUT2D eigenvalue weighted by Gasteiger charge is -2.07. The zero-order valence-electron chi connectivity index (χ0n) is 7.68. The van der Waals surface area contributed by atoms with Crippen LogP contribution >= 0.6 is 0 Å². The summed E-state index contributed by atoms with van der Waals surface area (Å²) in [6, 6.07) is 3.69. The van der Waals surface area contributed by atoms with E-state index in [1.54, 1.807) is 0 Å². The molecule has 3 nitrogen and oxygen atoms in total. The zero-order chi connectivity index (χ0) is 9.97. The van der Waals surface area contributed by atoms with Crippen molar-refractivity contribution in [3.63, 3.8) is 0 Å². The fourth-order valence-electron chi connectivity index (χ4n) is 1.63. The van der Waals surface area contributed by atoms with Crippen molar-refractivity contribution in [1.29, 1.82) is 0 Å². The molecule has 1 N–H and O–H groups in total. The zero-order valence-corrected chi connectivity index (χ0v) is 7.68. The van der Waals surface area contributed by atoms with Gasteiger partial charge in [0.15, 0.2) is 0 Å². The topological polar surface area (TPSA) is 42.2 Å². The van der Waals surface area contributed by atoms with E-state index in [4.69, 9.17) is 5.11 Å². The van der Waals surface area contributed by atoms with Gasteiger partial charge >= 0.3 is 0 Å². The van der Waals surface area contributed by atoms with Crippen LogP contribution in [0.2, 0.25) is 0 Å². The van der Waals surface area contributed by atoms with E-state index in [2.05, 4.69) is 0 Å². The van der Waals surface area contributed by atoms with Gasteiger partial charge in [-0.2, -0.15) is 0 Å². The molecule has 0 aliphatic heterocycles. The highest BCUT2D eigenvalue weighted by Gasteiger charge is 2.11. The Hall–Kier alpha value is -1.61. The van der Waals surface area contributed by atoms with Crippen molar-refractivity contribution < 1.29 is 9.90 Å². The summed E-state index contributed by atoms with van der Waals surface area (Å²) in [4.78, 5) is 10.7. The Kier molecular flexibility index (Phi) is 2.33. The normalized spacial score (nSPS) is 15.2. The molecule has 14 heavy (non-hydrogen) atoms. The molecule has 1 aromatic heterocycles. The van der Waals surface area contributed by atoms with Crippen LogP contribution in [0.1, 0.15) is 12.1 Å². The summed E-state index contributed by atoms with van der Waals surface area (Å²) in [5, 5.41) is 9.07. The number of allylic oxidation sites excluding steroid dienone is 4. The summed E-state index contributed by atoms with van der Waals surface area (Å²) < 4.78 is 1.84. The molecule has 0 aromatic carbocycles. The van der Waals surface area contributed by atoms with Crippen LogP contribution in [0.15, 0.2) is 36.1 Å². The van der Waals surface area contributed by atoms with Gasteiger partial charge in [-0.3, -0.25) is 4.79 Å².